The molecule has 0 amide bonds. The minimum atomic E-state index is -0.907. The van der Waals surface area contributed by atoms with Gasteiger partial charge in [0.15, 0.2) is 12.3 Å². The maximum absolute atomic E-state index is 13.4. The summed E-state index contributed by atoms with van der Waals surface area (Å²) < 4.78 is 23.0. The Morgan fingerprint density at radius 2 is 1.94 bits per heavy atom. The number of thiol groups is 1. The first kappa shape index (κ1) is 27.8. The van der Waals surface area contributed by atoms with Crippen LogP contribution in [0.25, 0.3) is 10.9 Å². The van der Waals surface area contributed by atoms with Crippen LogP contribution in [0.15, 0.2) is 47.3 Å². The number of ether oxygens (including phenoxy) is 1. The van der Waals surface area contributed by atoms with Crippen molar-refractivity contribution < 1.29 is 18.2 Å². The second kappa shape index (κ2) is 12.3. The summed E-state index contributed by atoms with van der Waals surface area (Å²) in [4.78, 5) is 24.8. The first-order valence-electron chi connectivity index (χ1n) is 10.1. The Kier molecular flexibility index (Phi) is 10.4. The Morgan fingerprint density at radius 1 is 1.21 bits per heavy atom. The molecule has 33 heavy (non-hydrogen) atoms. The molecule has 0 radical (unpaired) electrons. The molecule has 10 heteroatoms. The molecular formula is C23H29FN2O3S4. The fraction of sp³-hybridized carbons (Fsp3) is 0.391. The highest BCUT2D eigenvalue weighted by molar-refractivity contribution is 7.98. The van der Waals surface area contributed by atoms with Crippen LogP contribution in [0.5, 0.6) is 0 Å². The van der Waals surface area contributed by atoms with Gasteiger partial charge in [-0.25, -0.2) is 4.72 Å². The number of hydrogen-bond acceptors (Lipinski definition) is 8. The van der Waals surface area contributed by atoms with Crippen LogP contribution in [0.4, 0.5) is 3.89 Å². The predicted molar refractivity (Wildman–Crippen MR) is 143 cm³/mol. The van der Waals surface area contributed by atoms with Gasteiger partial charge in [-0.05, 0) is 67.1 Å². The van der Waals surface area contributed by atoms with Crippen LogP contribution in [0.1, 0.15) is 44.7 Å². The van der Waals surface area contributed by atoms with Crippen molar-refractivity contribution in [2.45, 2.75) is 43.9 Å². The highest BCUT2D eigenvalue weighted by atomic mass is 32.2. The largest absolute Gasteiger partial charge is 0.469 e. The number of hydrogen-bond donors (Lipinski definition) is 2. The van der Waals surface area contributed by atoms with Gasteiger partial charge in [0.25, 0.3) is 0 Å². The summed E-state index contributed by atoms with van der Waals surface area (Å²) in [6.45, 7) is 6.24. The zero-order valence-corrected chi connectivity index (χ0v) is 22.6. The van der Waals surface area contributed by atoms with Gasteiger partial charge in [-0.15, -0.1) is 3.89 Å². The Labute approximate surface area is 212 Å². The lowest BCUT2D eigenvalue weighted by molar-refractivity contribution is -0.143. The summed E-state index contributed by atoms with van der Waals surface area (Å²) in [5.41, 5.74) is 1.58. The molecule has 0 aliphatic heterocycles. The summed E-state index contributed by atoms with van der Waals surface area (Å²) >= 11 is 6.71. The van der Waals surface area contributed by atoms with Crippen molar-refractivity contribution in [2.75, 3.05) is 13.4 Å². The van der Waals surface area contributed by atoms with Crippen LogP contribution >= 0.6 is 48.2 Å². The number of thiophene rings is 1. The third-order valence-corrected chi connectivity index (χ3v) is 7.02. The van der Waals surface area contributed by atoms with Gasteiger partial charge in [0, 0.05) is 22.8 Å². The average molecular weight is 529 g/mol. The third kappa shape index (κ3) is 6.79. The molecule has 1 N–H and O–H groups in total. The molecule has 5 nitrogen and oxygen atoms in total. The van der Waals surface area contributed by atoms with E-state index in [4.69, 9.17) is 4.74 Å². The summed E-state index contributed by atoms with van der Waals surface area (Å²) in [6, 6.07) is 9.49. The van der Waals surface area contributed by atoms with Crippen LogP contribution in [0, 0.1) is 0 Å². The number of nitrogens with zero attached hydrogens (tertiary/aromatic N) is 1. The van der Waals surface area contributed by atoms with E-state index < -0.39 is 11.5 Å². The fourth-order valence-corrected chi connectivity index (χ4v) is 5.27. The van der Waals surface area contributed by atoms with Gasteiger partial charge in [0.1, 0.15) is 12.2 Å². The number of esters is 1. The standard InChI is InChI=1S/C22H25FN2O3S3.CH4S/c1-21(2,3)30-24-22(15-9-11-29-14-15,13-16(26)12-20(27)28-4)18-6-5-7-19-17(18)8-10-25(19)31-23;1-2/h5-11,14,24H,12-13H2,1-4H3;2H,1H3. The quantitative estimate of drug-likeness (QED) is 0.144. The maximum atomic E-state index is 13.4. The third-order valence-electron chi connectivity index (χ3n) is 4.81. The van der Waals surface area contributed by atoms with Gasteiger partial charge in [-0.3, -0.25) is 13.6 Å². The van der Waals surface area contributed by atoms with Gasteiger partial charge < -0.3 is 4.74 Å². The van der Waals surface area contributed by atoms with Gasteiger partial charge in [-0.1, -0.05) is 24.1 Å². The number of carbonyl (C=O) groups is 2. The molecule has 0 saturated carbocycles. The van der Waals surface area contributed by atoms with Crippen LogP contribution in [-0.4, -0.2) is 33.8 Å². The number of fused-ring (bicyclic) bond motifs is 1. The molecule has 0 aliphatic carbocycles. The molecule has 1 aromatic carbocycles. The van der Waals surface area contributed by atoms with Gasteiger partial charge >= 0.3 is 5.97 Å². The molecule has 2 heterocycles. The molecular weight excluding hydrogens is 500 g/mol. The van der Waals surface area contributed by atoms with Crippen molar-refractivity contribution in [1.82, 2.24) is 8.69 Å². The van der Waals surface area contributed by atoms with E-state index >= 15 is 0 Å². The van der Waals surface area contributed by atoms with Crippen molar-refractivity contribution in [3.8, 4) is 0 Å². The molecule has 0 bridgehead atoms. The van der Waals surface area contributed by atoms with Crippen molar-refractivity contribution in [3.05, 3.63) is 58.4 Å². The van der Waals surface area contributed by atoms with Crippen LogP contribution < -0.4 is 4.72 Å². The Morgan fingerprint density at radius 3 is 2.52 bits per heavy atom. The van der Waals surface area contributed by atoms with Crippen molar-refractivity contribution in [3.63, 3.8) is 0 Å². The molecule has 0 aliphatic rings. The van der Waals surface area contributed by atoms with Crippen LogP contribution in [-0.2, 0) is 19.9 Å². The van der Waals surface area contributed by atoms with Gasteiger partial charge in [-0.2, -0.15) is 24.0 Å². The zero-order chi connectivity index (χ0) is 24.6. The molecule has 1 atom stereocenters. The van der Waals surface area contributed by atoms with Crippen LogP contribution in [0.2, 0.25) is 0 Å². The zero-order valence-electron chi connectivity index (χ0n) is 19.3. The molecule has 0 saturated heterocycles. The number of Topliss-reactive ketones (excluding diaryl/α,β-unsaturated/α-hetero) is 1. The van der Waals surface area contributed by atoms with E-state index in [-0.39, 0.29) is 35.7 Å². The van der Waals surface area contributed by atoms with Crippen LogP contribution in [0.3, 0.4) is 0 Å². The SMILES string of the molecule is COC(=O)CC(=O)CC(NSC(C)(C)C)(c1ccsc1)c1cccc2c1ccn2SF.CS. The molecule has 2 aromatic heterocycles. The number of benzene rings is 1. The highest BCUT2D eigenvalue weighted by Crippen LogP contribution is 2.42. The number of nitrogens with one attached hydrogen (secondary N) is 1. The summed E-state index contributed by atoms with van der Waals surface area (Å²) in [7, 11) is 1.27. The van der Waals surface area contributed by atoms with E-state index in [0.717, 1.165) is 16.5 Å². The van der Waals surface area contributed by atoms with E-state index in [9.17, 15) is 13.5 Å². The van der Waals surface area contributed by atoms with Crippen molar-refractivity contribution >= 4 is 70.9 Å². The average Bonchev–Trinajstić information content (AvgIpc) is 3.47. The van der Waals surface area contributed by atoms with Crippen molar-refractivity contribution in [2.24, 2.45) is 0 Å². The van der Waals surface area contributed by atoms with Gasteiger partial charge in [0.05, 0.1) is 18.2 Å². The van der Waals surface area contributed by atoms with E-state index in [1.807, 2.05) is 41.1 Å². The molecule has 3 aromatic rings. The molecule has 0 spiro atoms. The molecule has 180 valence electrons. The van der Waals surface area contributed by atoms with E-state index in [0.29, 0.717) is 5.52 Å². The Bertz CT molecular complexity index is 1060. The lowest BCUT2D eigenvalue weighted by Gasteiger charge is -2.37. The Balaban J connectivity index is 0.00000187. The number of carbonyl (C=O) groups excluding carboxylic acids is 2. The molecule has 0 fully saturated rings. The van der Waals surface area contributed by atoms with E-state index in [1.54, 1.807) is 12.5 Å². The lowest BCUT2D eigenvalue weighted by Crippen LogP contribution is -2.43. The number of aromatic nitrogens is 1. The molecule has 1 unspecified atom stereocenters. The smallest absolute Gasteiger partial charge is 0.313 e. The molecule has 3 rings (SSSR count). The minimum Gasteiger partial charge on any atom is -0.469 e. The minimum absolute atomic E-state index is 0.0506. The second-order valence-electron chi connectivity index (χ2n) is 8.15. The summed E-state index contributed by atoms with van der Waals surface area (Å²) in [5, 5.41) is 4.80. The summed E-state index contributed by atoms with van der Waals surface area (Å²) in [6.07, 6.45) is 3.11. The first-order valence-corrected chi connectivity index (χ1v) is 13.4. The number of rotatable bonds is 9. The van der Waals surface area contributed by atoms with Crippen molar-refractivity contribution in [1.29, 1.82) is 0 Å². The van der Waals surface area contributed by atoms with Gasteiger partial charge in [0.2, 0.25) is 0 Å². The Hall–Kier alpha value is -1.46. The van der Waals surface area contributed by atoms with E-state index in [1.165, 1.54) is 34.4 Å². The second-order valence-corrected chi connectivity index (χ2v) is 11.1. The normalized spacial score (nSPS) is 13.2. The topological polar surface area (TPSA) is 60.3 Å². The highest BCUT2D eigenvalue weighted by Gasteiger charge is 2.40. The number of ketones is 1. The number of halogens is 1. The monoisotopic (exact) mass is 528 g/mol. The lowest BCUT2D eigenvalue weighted by atomic mass is 9.79. The number of methoxy groups -OCH3 is 1. The van der Waals surface area contributed by atoms with E-state index in [2.05, 4.69) is 38.1 Å². The first-order chi connectivity index (χ1) is 15.7. The predicted octanol–water partition coefficient (Wildman–Crippen LogP) is 6.43. The fourth-order valence-electron chi connectivity index (χ4n) is 3.42. The maximum Gasteiger partial charge on any atom is 0.313 e. The summed E-state index contributed by atoms with van der Waals surface area (Å²) in [5.74, 6) is -0.803.